The van der Waals surface area contributed by atoms with Gasteiger partial charge in [-0.3, -0.25) is 19.0 Å². The van der Waals surface area contributed by atoms with Crippen molar-refractivity contribution in [3.05, 3.63) is 93.6 Å². The van der Waals surface area contributed by atoms with Crippen LogP contribution in [0.3, 0.4) is 0 Å². The summed E-state index contributed by atoms with van der Waals surface area (Å²) in [6, 6.07) is 10.9. The van der Waals surface area contributed by atoms with E-state index in [9.17, 15) is 23.2 Å². The molecule has 1 atom stereocenters. The summed E-state index contributed by atoms with van der Waals surface area (Å²) in [6.07, 6.45) is 0. The first-order valence-corrected chi connectivity index (χ1v) is 12.9. The van der Waals surface area contributed by atoms with Crippen LogP contribution in [0.4, 0.5) is 14.5 Å². The summed E-state index contributed by atoms with van der Waals surface area (Å²) in [5.74, 6) is -3.46. The molecule has 0 aliphatic heterocycles. The average molecular weight is 565 g/mol. The molecule has 0 aliphatic carbocycles. The van der Waals surface area contributed by atoms with Gasteiger partial charge >= 0.3 is 0 Å². The summed E-state index contributed by atoms with van der Waals surface area (Å²) in [5, 5.41) is 10.4. The van der Waals surface area contributed by atoms with Crippen molar-refractivity contribution in [3.8, 4) is 11.4 Å². The molecule has 2 heterocycles. The van der Waals surface area contributed by atoms with E-state index >= 15 is 0 Å². The minimum atomic E-state index is -1.19. The van der Waals surface area contributed by atoms with Gasteiger partial charge in [0.05, 0.1) is 17.2 Å². The van der Waals surface area contributed by atoms with E-state index in [1.807, 2.05) is 6.07 Å². The van der Waals surface area contributed by atoms with Gasteiger partial charge in [-0.05, 0) is 32.8 Å². The molecule has 41 heavy (non-hydrogen) atoms. The molecule has 4 aromatic rings. The van der Waals surface area contributed by atoms with Gasteiger partial charge in [-0.2, -0.15) is 0 Å². The number of aryl methyl sites for hydroxylation is 1. The Labute approximate surface area is 234 Å². The molecule has 214 valence electrons. The third-order valence-electron chi connectivity index (χ3n) is 6.77. The van der Waals surface area contributed by atoms with Crippen LogP contribution < -0.4 is 16.6 Å². The standard InChI is InChI=1S/C29H30F2N6O4/c1-15(2)23(24(39)26-35-36-28(41-26)29(4,5)19-12-11-18(30)13-20(19)31)34-21(38)14-37-25(17-9-7-6-8-10-17)33-16(3)22(32)27(37)40/h6-13,15,23H,14,32H2,1-5H3,(H,34,38). The Hall–Kier alpha value is -4.74. The zero-order chi connectivity index (χ0) is 30.1. The summed E-state index contributed by atoms with van der Waals surface area (Å²) in [6.45, 7) is 7.76. The number of Topliss-reactive ketones (excluding diaryl/α,β-unsaturated/α-hetero) is 1. The Morgan fingerprint density at radius 3 is 2.41 bits per heavy atom. The normalized spacial score (nSPS) is 12.4. The maximum absolute atomic E-state index is 14.5. The molecule has 2 aromatic heterocycles. The number of rotatable bonds is 9. The molecule has 0 radical (unpaired) electrons. The fourth-order valence-corrected chi connectivity index (χ4v) is 4.35. The maximum atomic E-state index is 14.5. The summed E-state index contributed by atoms with van der Waals surface area (Å²) < 4.78 is 34.7. The average Bonchev–Trinajstić information content (AvgIpc) is 3.43. The van der Waals surface area contributed by atoms with Gasteiger partial charge in [0.2, 0.25) is 17.6 Å². The zero-order valence-corrected chi connectivity index (χ0v) is 23.2. The van der Waals surface area contributed by atoms with Gasteiger partial charge < -0.3 is 15.5 Å². The van der Waals surface area contributed by atoms with Crippen molar-refractivity contribution < 1.29 is 22.8 Å². The lowest BCUT2D eigenvalue weighted by atomic mass is 9.84. The van der Waals surface area contributed by atoms with Crippen molar-refractivity contribution in [2.45, 2.75) is 52.6 Å². The fraction of sp³-hybridized carbons (Fsp3) is 0.310. The third kappa shape index (κ3) is 5.91. The van der Waals surface area contributed by atoms with E-state index in [0.29, 0.717) is 11.3 Å². The van der Waals surface area contributed by atoms with Crippen molar-refractivity contribution >= 4 is 17.4 Å². The minimum absolute atomic E-state index is 0.0690. The summed E-state index contributed by atoms with van der Waals surface area (Å²) in [4.78, 5) is 44.0. The smallest absolute Gasteiger partial charge is 0.286 e. The monoisotopic (exact) mass is 564 g/mol. The van der Waals surface area contributed by atoms with Crippen molar-refractivity contribution in [3.63, 3.8) is 0 Å². The largest absolute Gasteiger partial charge is 0.417 e. The molecule has 0 saturated carbocycles. The summed E-state index contributed by atoms with van der Waals surface area (Å²) >= 11 is 0. The van der Waals surface area contributed by atoms with E-state index in [0.717, 1.165) is 16.7 Å². The summed E-state index contributed by atoms with van der Waals surface area (Å²) in [7, 11) is 0. The van der Waals surface area contributed by atoms with E-state index in [4.69, 9.17) is 10.2 Å². The second kappa shape index (κ2) is 11.4. The van der Waals surface area contributed by atoms with Gasteiger partial charge in [0.25, 0.3) is 11.4 Å². The lowest BCUT2D eigenvalue weighted by molar-refractivity contribution is -0.122. The quantitative estimate of drug-likeness (QED) is 0.292. The van der Waals surface area contributed by atoms with Crippen LogP contribution in [0.15, 0.2) is 57.7 Å². The van der Waals surface area contributed by atoms with Crippen LogP contribution in [-0.4, -0.2) is 37.5 Å². The van der Waals surface area contributed by atoms with Crippen molar-refractivity contribution in [1.29, 1.82) is 0 Å². The Balaban J connectivity index is 1.59. The molecule has 2 aromatic carbocycles. The fourth-order valence-electron chi connectivity index (χ4n) is 4.35. The van der Waals surface area contributed by atoms with Gasteiger partial charge in [0.15, 0.2) is 0 Å². The predicted octanol–water partition coefficient (Wildman–Crippen LogP) is 3.81. The molecule has 12 heteroatoms. The molecule has 0 aliphatic rings. The Morgan fingerprint density at radius 1 is 1.10 bits per heavy atom. The number of benzene rings is 2. The molecule has 0 bridgehead atoms. The van der Waals surface area contributed by atoms with E-state index in [1.165, 1.54) is 6.07 Å². The molecular weight excluding hydrogens is 534 g/mol. The van der Waals surface area contributed by atoms with E-state index in [-0.39, 0.29) is 23.0 Å². The van der Waals surface area contributed by atoms with E-state index < -0.39 is 58.7 Å². The SMILES string of the molecule is Cc1nc(-c2ccccc2)n(CC(=O)NC(C(=O)c2nnc(C(C)(C)c3ccc(F)cc3F)o2)C(C)C)c(=O)c1N. The molecule has 3 N–H and O–H groups in total. The van der Waals surface area contributed by atoms with Crippen LogP contribution >= 0.6 is 0 Å². The number of nitrogens with one attached hydrogen (secondary N) is 1. The van der Waals surface area contributed by atoms with E-state index in [1.54, 1.807) is 58.9 Å². The number of halogens is 2. The van der Waals surface area contributed by atoms with Crippen LogP contribution in [0.25, 0.3) is 11.4 Å². The molecule has 1 amide bonds. The Kier molecular flexibility index (Phi) is 8.13. The topological polar surface area (TPSA) is 146 Å². The molecule has 10 nitrogen and oxygen atoms in total. The highest BCUT2D eigenvalue weighted by molar-refractivity contribution is 5.98. The Bertz CT molecular complexity index is 1660. The van der Waals surface area contributed by atoms with Gasteiger partial charge in [0.1, 0.15) is 29.7 Å². The number of anilines is 1. The number of hydrogen-bond acceptors (Lipinski definition) is 8. The van der Waals surface area contributed by atoms with Crippen molar-refractivity contribution in [2.75, 3.05) is 5.73 Å². The van der Waals surface area contributed by atoms with E-state index in [2.05, 4.69) is 20.5 Å². The first kappa shape index (κ1) is 29.2. The molecule has 1 unspecified atom stereocenters. The third-order valence-corrected chi connectivity index (χ3v) is 6.77. The number of carbonyl (C=O) groups excluding carboxylic acids is 2. The number of ketones is 1. The zero-order valence-electron chi connectivity index (χ0n) is 23.2. The Morgan fingerprint density at radius 2 is 1.78 bits per heavy atom. The predicted molar refractivity (Wildman–Crippen MR) is 147 cm³/mol. The van der Waals surface area contributed by atoms with Crippen LogP contribution in [0.2, 0.25) is 0 Å². The number of nitrogens with two attached hydrogens (primary N) is 1. The number of nitrogens with zero attached hydrogens (tertiary/aromatic N) is 4. The highest BCUT2D eigenvalue weighted by Crippen LogP contribution is 2.33. The summed E-state index contributed by atoms with van der Waals surface area (Å²) in [5.41, 5.74) is 5.09. The first-order chi connectivity index (χ1) is 19.3. The maximum Gasteiger partial charge on any atom is 0.286 e. The molecule has 0 saturated heterocycles. The number of nitrogen functional groups attached to an aromatic ring is 1. The highest BCUT2D eigenvalue weighted by Gasteiger charge is 2.35. The highest BCUT2D eigenvalue weighted by atomic mass is 19.1. The van der Waals surface area contributed by atoms with Crippen LogP contribution in [0.1, 0.15) is 55.5 Å². The number of aromatic nitrogens is 4. The van der Waals surface area contributed by atoms with Crippen LogP contribution in [-0.2, 0) is 16.8 Å². The molecular formula is C29H30F2N6O4. The van der Waals surface area contributed by atoms with Crippen LogP contribution in [0.5, 0.6) is 0 Å². The van der Waals surface area contributed by atoms with Gasteiger partial charge in [0, 0.05) is 17.2 Å². The first-order valence-electron chi connectivity index (χ1n) is 12.9. The molecule has 4 rings (SSSR count). The van der Waals surface area contributed by atoms with Gasteiger partial charge in [-0.25, -0.2) is 13.8 Å². The second-order valence-corrected chi connectivity index (χ2v) is 10.5. The molecule has 0 spiro atoms. The second-order valence-electron chi connectivity index (χ2n) is 10.5. The lowest BCUT2D eigenvalue weighted by Crippen LogP contribution is -2.46. The van der Waals surface area contributed by atoms with Gasteiger partial charge in [-0.1, -0.05) is 50.2 Å². The minimum Gasteiger partial charge on any atom is -0.417 e. The van der Waals surface area contributed by atoms with Crippen molar-refractivity contribution in [1.82, 2.24) is 25.1 Å². The number of carbonyl (C=O) groups is 2. The lowest BCUT2D eigenvalue weighted by Gasteiger charge is -2.22. The number of hydrogen-bond donors (Lipinski definition) is 2. The molecule has 0 fully saturated rings. The van der Waals surface area contributed by atoms with Crippen LogP contribution in [0, 0.1) is 24.5 Å². The number of amides is 1. The van der Waals surface area contributed by atoms with Crippen molar-refractivity contribution in [2.24, 2.45) is 5.92 Å². The van der Waals surface area contributed by atoms with Gasteiger partial charge in [-0.15, -0.1) is 10.2 Å².